The second kappa shape index (κ2) is 6.70. The highest BCUT2D eigenvalue weighted by Gasteiger charge is 2.31. The number of hydrogen-bond donors (Lipinski definition) is 2. The van der Waals surface area contributed by atoms with Crippen LogP contribution >= 0.6 is 0 Å². The van der Waals surface area contributed by atoms with E-state index >= 15 is 0 Å². The van der Waals surface area contributed by atoms with E-state index in [4.69, 9.17) is 0 Å². The summed E-state index contributed by atoms with van der Waals surface area (Å²) in [5.41, 5.74) is 2.32. The van der Waals surface area contributed by atoms with Crippen LogP contribution in [0, 0.1) is 6.92 Å². The molecule has 0 saturated carbocycles. The van der Waals surface area contributed by atoms with Crippen LogP contribution < -0.4 is 15.5 Å². The fourth-order valence-electron chi connectivity index (χ4n) is 2.75. The van der Waals surface area contributed by atoms with Gasteiger partial charge in [-0.25, -0.2) is 4.98 Å². The first-order valence-electron chi connectivity index (χ1n) is 7.31. The van der Waals surface area contributed by atoms with E-state index in [-0.39, 0.29) is 11.9 Å². The SMILES string of the molecule is CCNCc1cnc(N2CCCC2C(=O)NC)c(C)c1. The van der Waals surface area contributed by atoms with Crippen molar-refractivity contribution in [3.63, 3.8) is 0 Å². The van der Waals surface area contributed by atoms with Crippen LogP contribution in [-0.4, -0.2) is 37.1 Å². The number of likely N-dealkylation sites (N-methyl/N-ethyl adjacent to an activating group) is 1. The smallest absolute Gasteiger partial charge is 0.242 e. The Morgan fingerprint density at radius 2 is 2.35 bits per heavy atom. The molecule has 1 aliphatic heterocycles. The van der Waals surface area contributed by atoms with Crippen molar-refractivity contribution in [2.24, 2.45) is 0 Å². The van der Waals surface area contributed by atoms with Crippen molar-refractivity contribution in [2.75, 3.05) is 25.0 Å². The van der Waals surface area contributed by atoms with E-state index in [0.29, 0.717) is 0 Å². The summed E-state index contributed by atoms with van der Waals surface area (Å²) in [6.07, 6.45) is 3.85. The van der Waals surface area contributed by atoms with Gasteiger partial charge in [0, 0.05) is 26.3 Å². The molecule has 0 radical (unpaired) electrons. The number of nitrogens with zero attached hydrogens (tertiary/aromatic N) is 2. The van der Waals surface area contributed by atoms with Crippen molar-refractivity contribution >= 4 is 11.7 Å². The third-order valence-electron chi connectivity index (χ3n) is 3.76. The van der Waals surface area contributed by atoms with Gasteiger partial charge in [-0.2, -0.15) is 0 Å². The molecule has 5 heteroatoms. The molecule has 1 amide bonds. The minimum atomic E-state index is -0.0779. The number of rotatable bonds is 5. The number of aromatic nitrogens is 1. The number of aryl methyl sites for hydroxylation is 1. The van der Waals surface area contributed by atoms with Gasteiger partial charge in [0.25, 0.3) is 0 Å². The van der Waals surface area contributed by atoms with Crippen LogP contribution in [0.15, 0.2) is 12.3 Å². The van der Waals surface area contributed by atoms with Gasteiger partial charge in [-0.1, -0.05) is 6.92 Å². The molecule has 1 aliphatic rings. The molecular weight excluding hydrogens is 252 g/mol. The number of carbonyl (C=O) groups excluding carboxylic acids is 1. The van der Waals surface area contributed by atoms with E-state index in [0.717, 1.165) is 43.9 Å². The molecule has 2 heterocycles. The van der Waals surface area contributed by atoms with E-state index in [9.17, 15) is 4.79 Å². The summed E-state index contributed by atoms with van der Waals surface area (Å²) < 4.78 is 0. The van der Waals surface area contributed by atoms with Gasteiger partial charge in [0.15, 0.2) is 0 Å². The Kier molecular flexibility index (Phi) is 4.95. The molecule has 5 nitrogen and oxygen atoms in total. The zero-order chi connectivity index (χ0) is 14.5. The van der Waals surface area contributed by atoms with E-state index in [1.807, 2.05) is 6.20 Å². The predicted octanol–water partition coefficient (Wildman–Crippen LogP) is 1.21. The number of amides is 1. The van der Waals surface area contributed by atoms with Gasteiger partial charge in [0.1, 0.15) is 11.9 Å². The second-order valence-corrected chi connectivity index (χ2v) is 5.23. The lowest BCUT2D eigenvalue weighted by atomic mass is 10.1. The van der Waals surface area contributed by atoms with Crippen LogP contribution in [0.25, 0.3) is 0 Å². The largest absolute Gasteiger partial charge is 0.357 e. The minimum absolute atomic E-state index is 0.0779. The highest BCUT2D eigenvalue weighted by atomic mass is 16.2. The maximum Gasteiger partial charge on any atom is 0.242 e. The van der Waals surface area contributed by atoms with Crippen LogP contribution in [0.2, 0.25) is 0 Å². The van der Waals surface area contributed by atoms with Gasteiger partial charge in [-0.3, -0.25) is 4.79 Å². The normalized spacial score (nSPS) is 18.4. The molecule has 2 rings (SSSR count). The van der Waals surface area contributed by atoms with E-state index < -0.39 is 0 Å². The van der Waals surface area contributed by atoms with Crippen LogP contribution in [-0.2, 0) is 11.3 Å². The summed E-state index contributed by atoms with van der Waals surface area (Å²) in [4.78, 5) is 18.6. The summed E-state index contributed by atoms with van der Waals surface area (Å²) in [6, 6.07) is 2.08. The van der Waals surface area contributed by atoms with Crippen molar-refractivity contribution in [1.82, 2.24) is 15.6 Å². The monoisotopic (exact) mass is 276 g/mol. The van der Waals surface area contributed by atoms with Gasteiger partial charge in [-0.05, 0) is 43.5 Å². The lowest BCUT2D eigenvalue weighted by molar-refractivity contribution is -0.121. The van der Waals surface area contributed by atoms with Crippen LogP contribution in [0.3, 0.4) is 0 Å². The third kappa shape index (κ3) is 3.10. The number of hydrogen-bond acceptors (Lipinski definition) is 4. The molecule has 110 valence electrons. The van der Waals surface area contributed by atoms with E-state index in [2.05, 4.69) is 40.4 Å². The Hall–Kier alpha value is -1.62. The molecule has 1 unspecified atom stereocenters. The summed E-state index contributed by atoms with van der Waals surface area (Å²) in [5.74, 6) is 1.02. The molecule has 0 aliphatic carbocycles. The molecule has 0 bridgehead atoms. The zero-order valence-electron chi connectivity index (χ0n) is 12.6. The zero-order valence-corrected chi connectivity index (χ0v) is 12.6. The van der Waals surface area contributed by atoms with Crippen molar-refractivity contribution in [1.29, 1.82) is 0 Å². The van der Waals surface area contributed by atoms with Crippen molar-refractivity contribution in [3.8, 4) is 0 Å². The van der Waals surface area contributed by atoms with Crippen LogP contribution in [0.1, 0.15) is 30.9 Å². The minimum Gasteiger partial charge on any atom is -0.357 e. The first-order valence-corrected chi connectivity index (χ1v) is 7.31. The molecular formula is C15H24N4O. The average molecular weight is 276 g/mol. The third-order valence-corrected chi connectivity index (χ3v) is 3.76. The second-order valence-electron chi connectivity index (χ2n) is 5.23. The summed E-state index contributed by atoms with van der Waals surface area (Å²) >= 11 is 0. The standard InChI is InChI=1S/C15H24N4O/c1-4-17-9-12-8-11(2)14(18-10-12)19-7-5-6-13(19)15(20)16-3/h8,10,13,17H,4-7,9H2,1-3H3,(H,16,20). The number of pyridine rings is 1. The fraction of sp³-hybridized carbons (Fsp3) is 0.600. The van der Waals surface area contributed by atoms with Crippen molar-refractivity contribution in [2.45, 2.75) is 39.3 Å². The fourth-order valence-corrected chi connectivity index (χ4v) is 2.75. The predicted molar refractivity (Wildman–Crippen MR) is 80.8 cm³/mol. The highest BCUT2D eigenvalue weighted by molar-refractivity contribution is 5.85. The lowest BCUT2D eigenvalue weighted by Crippen LogP contribution is -2.42. The van der Waals surface area contributed by atoms with Crippen molar-refractivity contribution < 1.29 is 4.79 Å². The Labute approximate surface area is 120 Å². The average Bonchev–Trinajstić information content (AvgIpc) is 2.93. The number of carbonyl (C=O) groups is 1. The highest BCUT2D eigenvalue weighted by Crippen LogP contribution is 2.27. The molecule has 20 heavy (non-hydrogen) atoms. The van der Waals surface area contributed by atoms with Crippen LogP contribution in [0.4, 0.5) is 5.82 Å². The molecule has 1 saturated heterocycles. The molecule has 0 spiro atoms. The Bertz CT molecular complexity index is 475. The van der Waals surface area contributed by atoms with Gasteiger partial charge >= 0.3 is 0 Å². The maximum absolute atomic E-state index is 11.9. The number of anilines is 1. The Morgan fingerprint density at radius 1 is 1.55 bits per heavy atom. The summed E-state index contributed by atoms with van der Waals surface area (Å²) in [6.45, 7) is 6.84. The topological polar surface area (TPSA) is 57.3 Å². The Balaban J connectivity index is 2.17. The quantitative estimate of drug-likeness (QED) is 0.849. The lowest BCUT2D eigenvalue weighted by Gasteiger charge is -2.26. The van der Waals surface area contributed by atoms with Crippen molar-refractivity contribution in [3.05, 3.63) is 23.4 Å². The van der Waals surface area contributed by atoms with Gasteiger partial charge in [0.2, 0.25) is 5.91 Å². The number of nitrogens with one attached hydrogen (secondary N) is 2. The van der Waals surface area contributed by atoms with E-state index in [1.54, 1.807) is 7.05 Å². The molecule has 1 atom stereocenters. The molecule has 0 aromatic carbocycles. The molecule has 1 aromatic heterocycles. The van der Waals surface area contributed by atoms with Gasteiger partial charge in [-0.15, -0.1) is 0 Å². The van der Waals surface area contributed by atoms with E-state index in [1.165, 1.54) is 5.56 Å². The maximum atomic E-state index is 11.9. The first kappa shape index (κ1) is 14.8. The van der Waals surface area contributed by atoms with Gasteiger partial charge in [0.05, 0.1) is 0 Å². The molecule has 1 fully saturated rings. The van der Waals surface area contributed by atoms with Crippen LogP contribution in [0.5, 0.6) is 0 Å². The Morgan fingerprint density at radius 3 is 3.00 bits per heavy atom. The molecule has 2 N–H and O–H groups in total. The first-order chi connectivity index (χ1) is 9.67. The van der Waals surface area contributed by atoms with Gasteiger partial charge < -0.3 is 15.5 Å². The molecule has 1 aromatic rings. The summed E-state index contributed by atoms with van der Waals surface area (Å²) in [5, 5.41) is 6.05. The summed E-state index contributed by atoms with van der Waals surface area (Å²) in [7, 11) is 1.69.